The second-order valence-corrected chi connectivity index (χ2v) is 7.13. The first-order valence-electron chi connectivity index (χ1n) is 8.87. The van der Waals surface area contributed by atoms with Crippen molar-refractivity contribution >= 4 is 23.4 Å². The first-order chi connectivity index (χ1) is 13.8. The molecule has 0 spiro atoms. The zero-order valence-corrected chi connectivity index (χ0v) is 16.7. The first-order valence-corrected chi connectivity index (χ1v) is 9.86. The number of anilines is 1. The zero-order chi connectivity index (χ0) is 21.0. The Bertz CT molecular complexity index is 1000. The number of aryl methyl sites for hydroxylation is 1. The van der Waals surface area contributed by atoms with Crippen LogP contribution in [0.2, 0.25) is 0 Å². The first kappa shape index (κ1) is 20.9. The van der Waals surface area contributed by atoms with Gasteiger partial charge < -0.3 is 4.90 Å². The molecule has 0 saturated heterocycles. The molecule has 9 heteroatoms. The van der Waals surface area contributed by atoms with E-state index in [1.54, 1.807) is 36.8 Å². The number of halogens is 3. The smallest absolute Gasteiger partial charge is 0.305 e. The fourth-order valence-corrected chi connectivity index (χ4v) is 3.85. The Morgan fingerprint density at radius 2 is 1.90 bits per heavy atom. The molecule has 5 nitrogen and oxygen atoms in total. The lowest BCUT2D eigenvalue weighted by Crippen LogP contribution is -2.41. The van der Waals surface area contributed by atoms with Crippen molar-refractivity contribution in [2.45, 2.75) is 30.9 Å². The lowest BCUT2D eigenvalue weighted by Gasteiger charge is -2.24. The molecule has 1 amide bonds. The number of carbonyl (C=O) groups excluding carboxylic acids is 1. The minimum absolute atomic E-state index is 0.0816. The van der Waals surface area contributed by atoms with Crippen molar-refractivity contribution in [1.29, 1.82) is 0 Å². The molecule has 2 aromatic heterocycles. The Balaban J connectivity index is 1.86. The number of hydrogen-bond acceptors (Lipinski definition) is 4. The Kier molecular flexibility index (Phi) is 6.26. The molecule has 29 heavy (non-hydrogen) atoms. The molecule has 0 unspecified atom stereocenters. The van der Waals surface area contributed by atoms with E-state index in [9.17, 15) is 18.0 Å². The standard InChI is InChI=1S/C20H19F3N4OS/c1-3-26(18(28)20(21,22)23)16-9-5-4-8-15(16)13-29-19-25-11-12-27(19)17-14(2)7-6-10-24-17/h4-12H,3,13H2,1-2H3. The minimum Gasteiger partial charge on any atom is -0.305 e. The van der Waals surface area contributed by atoms with Gasteiger partial charge in [0, 0.05) is 36.6 Å². The SMILES string of the molecule is CCN(C(=O)C(F)(F)F)c1ccccc1CSc1nccn1-c1ncccc1C. The third kappa shape index (κ3) is 4.61. The van der Waals surface area contributed by atoms with Crippen molar-refractivity contribution in [1.82, 2.24) is 14.5 Å². The Morgan fingerprint density at radius 1 is 1.14 bits per heavy atom. The molecule has 0 fully saturated rings. The second-order valence-electron chi connectivity index (χ2n) is 6.19. The molecule has 0 atom stereocenters. The Morgan fingerprint density at radius 3 is 2.59 bits per heavy atom. The van der Waals surface area contributed by atoms with E-state index in [1.165, 1.54) is 24.8 Å². The average molecular weight is 420 g/mol. The molecule has 0 saturated carbocycles. The monoisotopic (exact) mass is 420 g/mol. The number of amides is 1. The Labute approximate surface area is 170 Å². The van der Waals surface area contributed by atoms with Gasteiger partial charge in [0.25, 0.3) is 0 Å². The molecule has 152 valence electrons. The molecule has 0 radical (unpaired) electrons. The lowest BCUT2D eigenvalue weighted by molar-refractivity contribution is -0.170. The van der Waals surface area contributed by atoms with Crippen LogP contribution in [0.15, 0.2) is 60.1 Å². The van der Waals surface area contributed by atoms with Crippen LogP contribution in [-0.4, -0.2) is 33.2 Å². The highest BCUT2D eigenvalue weighted by molar-refractivity contribution is 7.98. The summed E-state index contributed by atoms with van der Waals surface area (Å²) in [5, 5.41) is 0.659. The van der Waals surface area contributed by atoms with E-state index in [2.05, 4.69) is 9.97 Å². The van der Waals surface area contributed by atoms with Gasteiger partial charge in [-0.15, -0.1) is 0 Å². The van der Waals surface area contributed by atoms with Gasteiger partial charge in [0.2, 0.25) is 0 Å². The number of aromatic nitrogens is 3. The number of benzene rings is 1. The Hall–Kier alpha value is -2.81. The summed E-state index contributed by atoms with van der Waals surface area (Å²) < 4.78 is 40.8. The quantitative estimate of drug-likeness (QED) is 0.539. The van der Waals surface area contributed by atoms with E-state index in [0.717, 1.165) is 16.3 Å². The summed E-state index contributed by atoms with van der Waals surface area (Å²) in [6.07, 6.45) is 0.194. The molecule has 0 aliphatic carbocycles. The van der Waals surface area contributed by atoms with Gasteiger partial charge in [0.05, 0.1) is 0 Å². The van der Waals surface area contributed by atoms with Crippen molar-refractivity contribution in [3.05, 3.63) is 66.1 Å². The van der Waals surface area contributed by atoms with Crippen molar-refractivity contribution in [3.63, 3.8) is 0 Å². The van der Waals surface area contributed by atoms with Crippen LogP contribution in [0.5, 0.6) is 0 Å². The van der Waals surface area contributed by atoms with Crippen molar-refractivity contribution in [2.24, 2.45) is 0 Å². The normalized spacial score (nSPS) is 11.5. The van der Waals surface area contributed by atoms with Gasteiger partial charge >= 0.3 is 12.1 Å². The lowest BCUT2D eigenvalue weighted by atomic mass is 10.1. The number of alkyl halides is 3. The van der Waals surface area contributed by atoms with Gasteiger partial charge in [-0.25, -0.2) is 9.97 Å². The van der Waals surface area contributed by atoms with E-state index in [1.807, 2.05) is 23.6 Å². The number of imidazole rings is 1. The summed E-state index contributed by atoms with van der Waals surface area (Å²) in [6.45, 7) is 3.37. The maximum Gasteiger partial charge on any atom is 0.471 e. The highest BCUT2D eigenvalue weighted by atomic mass is 32.2. The number of carbonyl (C=O) groups is 1. The van der Waals surface area contributed by atoms with Gasteiger partial charge in [0.15, 0.2) is 5.16 Å². The fraction of sp³-hybridized carbons (Fsp3) is 0.250. The second kappa shape index (κ2) is 8.69. The summed E-state index contributed by atoms with van der Waals surface area (Å²) in [6, 6.07) is 10.4. The van der Waals surface area contributed by atoms with E-state index in [0.29, 0.717) is 16.5 Å². The molecule has 0 bridgehead atoms. The molecule has 2 heterocycles. The summed E-state index contributed by atoms with van der Waals surface area (Å²) in [5.41, 5.74) is 1.84. The molecular formula is C20H19F3N4OS. The highest BCUT2D eigenvalue weighted by Crippen LogP contribution is 2.31. The number of hydrogen-bond donors (Lipinski definition) is 0. The molecule has 0 aliphatic heterocycles. The van der Waals surface area contributed by atoms with Crippen molar-refractivity contribution in [3.8, 4) is 5.82 Å². The number of nitrogens with zero attached hydrogens (tertiary/aromatic N) is 4. The van der Waals surface area contributed by atoms with Crippen LogP contribution < -0.4 is 4.90 Å². The van der Waals surface area contributed by atoms with Crippen LogP contribution in [0, 0.1) is 6.92 Å². The van der Waals surface area contributed by atoms with Crippen molar-refractivity contribution in [2.75, 3.05) is 11.4 Å². The van der Waals surface area contributed by atoms with Crippen LogP contribution >= 0.6 is 11.8 Å². The van der Waals surface area contributed by atoms with Gasteiger partial charge in [-0.05, 0) is 37.1 Å². The van der Waals surface area contributed by atoms with Crippen LogP contribution in [0.25, 0.3) is 5.82 Å². The molecule has 0 aliphatic rings. The third-order valence-electron chi connectivity index (χ3n) is 4.26. The zero-order valence-electron chi connectivity index (χ0n) is 15.8. The topological polar surface area (TPSA) is 51.0 Å². The molecule has 3 aromatic rings. The fourth-order valence-electron chi connectivity index (χ4n) is 2.90. The average Bonchev–Trinajstić information content (AvgIpc) is 3.15. The van der Waals surface area contributed by atoms with Crippen LogP contribution in [0.4, 0.5) is 18.9 Å². The van der Waals surface area contributed by atoms with Crippen LogP contribution in [-0.2, 0) is 10.5 Å². The molecular weight excluding hydrogens is 401 g/mol. The highest BCUT2D eigenvalue weighted by Gasteiger charge is 2.42. The van der Waals surface area contributed by atoms with Gasteiger partial charge in [-0.3, -0.25) is 9.36 Å². The molecule has 3 rings (SSSR count). The van der Waals surface area contributed by atoms with E-state index in [-0.39, 0.29) is 12.2 Å². The van der Waals surface area contributed by atoms with Crippen molar-refractivity contribution < 1.29 is 18.0 Å². The van der Waals surface area contributed by atoms with Crippen LogP contribution in [0.3, 0.4) is 0 Å². The number of pyridine rings is 1. The van der Waals surface area contributed by atoms with E-state index >= 15 is 0 Å². The van der Waals surface area contributed by atoms with E-state index < -0.39 is 12.1 Å². The maximum absolute atomic E-state index is 13.0. The number of rotatable bonds is 6. The summed E-state index contributed by atoms with van der Waals surface area (Å²) in [4.78, 5) is 21.3. The predicted octanol–water partition coefficient (Wildman–Crippen LogP) is 4.78. The van der Waals surface area contributed by atoms with Crippen LogP contribution in [0.1, 0.15) is 18.1 Å². The molecule has 1 aromatic carbocycles. The van der Waals surface area contributed by atoms with Gasteiger partial charge in [-0.1, -0.05) is 36.0 Å². The number of thioether (sulfide) groups is 1. The summed E-state index contributed by atoms with van der Waals surface area (Å²) in [7, 11) is 0. The summed E-state index contributed by atoms with van der Waals surface area (Å²) >= 11 is 1.36. The molecule has 0 N–H and O–H groups in total. The third-order valence-corrected chi connectivity index (χ3v) is 5.28. The van der Waals surface area contributed by atoms with Gasteiger partial charge in [-0.2, -0.15) is 13.2 Å². The maximum atomic E-state index is 13.0. The summed E-state index contributed by atoms with van der Waals surface area (Å²) in [5.74, 6) is -0.785. The van der Waals surface area contributed by atoms with E-state index in [4.69, 9.17) is 0 Å². The largest absolute Gasteiger partial charge is 0.471 e. The predicted molar refractivity (Wildman–Crippen MR) is 106 cm³/mol. The number of para-hydroxylation sites is 1. The van der Waals surface area contributed by atoms with Gasteiger partial charge in [0.1, 0.15) is 5.82 Å². The minimum atomic E-state index is -4.93.